The predicted molar refractivity (Wildman–Crippen MR) is 102 cm³/mol. The third-order valence-corrected chi connectivity index (χ3v) is 5.33. The number of rotatable bonds is 4. The van der Waals surface area contributed by atoms with Gasteiger partial charge in [0.25, 0.3) is 10.9 Å². The number of likely N-dealkylation sites (tertiary alicyclic amines) is 1. The molecule has 1 aromatic carbocycles. The molecule has 0 bridgehead atoms. The summed E-state index contributed by atoms with van der Waals surface area (Å²) < 4.78 is 11.0. The summed E-state index contributed by atoms with van der Waals surface area (Å²) in [4.78, 5) is 28.6. The zero-order chi connectivity index (χ0) is 19.6. The lowest BCUT2D eigenvalue weighted by molar-refractivity contribution is -0.384. The van der Waals surface area contributed by atoms with E-state index < -0.39 is 10.5 Å². The smallest absolute Gasteiger partial charge is 0.410 e. The second kappa shape index (κ2) is 7.75. The summed E-state index contributed by atoms with van der Waals surface area (Å²) in [5.74, 6) is 1.29. The van der Waals surface area contributed by atoms with E-state index in [9.17, 15) is 14.9 Å². The summed E-state index contributed by atoms with van der Waals surface area (Å²) in [6.45, 7) is 6.95. The van der Waals surface area contributed by atoms with Crippen LogP contribution in [0, 0.1) is 16.0 Å². The van der Waals surface area contributed by atoms with Gasteiger partial charge in [-0.05, 0) is 45.6 Å². The van der Waals surface area contributed by atoms with Gasteiger partial charge in [-0.1, -0.05) is 11.8 Å². The van der Waals surface area contributed by atoms with E-state index in [4.69, 9.17) is 9.15 Å². The highest BCUT2D eigenvalue weighted by atomic mass is 32.2. The van der Waals surface area contributed by atoms with Crippen molar-refractivity contribution in [3.63, 3.8) is 0 Å². The molecule has 9 heteroatoms. The molecule has 1 fully saturated rings. The first-order valence-corrected chi connectivity index (χ1v) is 9.85. The fourth-order valence-corrected chi connectivity index (χ4v) is 3.89. The van der Waals surface area contributed by atoms with Crippen LogP contribution >= 0.6 is 11.8 Å². The number of ether oxygens (including phenoxy) is 1. The van der Waals surface area contributed by atoms with Crippen molar-refractivity contribution in [1.29, 1.82) is 0 Å². The summed E-state index contributed by atoms with van der Waals surface area (Å²) >= 11 is 1.50. The molecule has 0 atom stereocenters. The molecule has 1 amide bonds. The maximum Gasteiger partial charge on any atom is 0.410 e. The van der Waals surface area contributed by atoms with E-state index in [1.165, 1.54) is 23.9 Å². The SMILES string of the molecule is CC(C)(C)OC(=O)N1CCC(CSc2nc3ccc([N+](=O)[O-])cc3o2)CC1. The zero-order valence-electron chi connectivity index (χ0n) is 15.6. The van der Waals surface area contributed by atoms with Crippen molar-refractivity contribution in [2.45, 2.75) is 44.4 Å². The number of aromatic nitrogens is 1. The van der Waals surface area contributed by atoms with Crippen molar-refractivity contribution < 1.29 is 18.9 Å². The maximum absolute atomic E-state index is 12.1. The number of oxazole rings is 1. The van der Waals surface area contributed by atoms with Gasteiger partial charge in [0.2, 0.25) is 0 Å². The Hall–Kier alpha value is -2.29. The molecule has 0 spiro atoms. The van der Waals surface area contributed by atoms with Crippen molar-refractivity contribution >= 4 is 34.6 Å². The van der Waals surface area contributed by atoms with Crippen molar-refractivity contribution in [2.24, 2.45) is 5.92 Å². The van der Waals surface area contributed by atoms with Crippen LogP contribution in [0.5, 0.6) is 0 Å². The number of carbonyl (C=O) groups is 1. The molecular weight excluding hydrogens is 370 g/mol. The Labute approximate surface area is 161 Å². The molecule has 0 N–H and O–H groups in total. The van der Waals surface area contributed by atoms with Crippen LogP contribution in [0.2, 0.25) is 0 Å². The molecule has 0 saturated carbocycles. The standard InChI is InChI=1S/C18H23N3O5S/c1-18(2,3)26-17(22)20-8-6-12(7-9-20)11-27-16-19-14-5-4-13(21(23)24)10-15(14)25-16/h4-5,10,12H,6-9,11H2,1-3H3. The van der Waals surface area contributed by atoms with Gasteiger partial charge in [0, 0.05) is 24.9 Å². The number of non-ortho nitro benzene ring substituents is 1. The highest BCUT2D eigenvalue weighted by molar-refractivity contribution is 7.99. The number of fused-ring (bicyclic) bond motifs is 1. The van der Waals surface area contributed by atoms with Crippen LogP contribution in [0.25, 0.3) is 11.1 Å². The normalized spacial score (nSPS) is 15.9. The Kier molecular flexibility index (Phi) is 5.59. The molecule has 0 unspecified atom stereocenters. The first-order chi connectivity index (χ1) is 12.7. The van der Waals surface area contributed by atoms with Crippen LogP contribution in [0.3, 0.4) is 0 Å². The molecule has 8 nitrogen and oxygen atoms in total. The van der Waals surface area contributed by atoms with Gasteiger partial charge in [-0.15, -0.1) is 0 Å². The third kappa shape index (κ3) is 5.12. The number of benzene rings is 1. The molecular formula is C18H23N3O5S. The predicted octanol–water partition coefficient (Wildman–Crippen LogP) is 4.48. The van der Waals surface area contributed by atoms with Gasteiger partial charge >= 0.3 is 6.09 Å². The van der Waals surface area contributed by atoms with Crippen LogP contribution in [-0.2, 0) is 4.74 Å². The number of hydrogen-bond acceptors (Lipinski definition) is 7. The largest absolute Gasteiger partial charge is 0.444 e. The van der Waals surface area contributed by atoms with Gasteiger partial charge in [0.15, 0.2) is 5.58 Å². The lowest BCUT2D eigenvalue weighted by Gasteiger charge is -2.33. The highest BCUT2D eigenvalue weighted by Gasteiger charge is 2.27. The van der Waals surface area contributed by atoms with E-state index in [0.717, 1.165) is 18.6 Å². The molecule has 146 valence electrons. The van der Waals surface area contributed by atoms with Gasteiger partial charge in [0.05, 0.1) is 11.0 Å². The number of nitrogens with zero attached hydrogens (tertiary/aromatic N) is 3. The van der Waals surface area contributed by atoms with Crippen LogP contribution in [0.15, 0.2) is 27.8 Å². The number of carbonyl (C=O) groups excluding carboxylic acids is 1. The van der Waals surface area contributed by atoms with Gasteiger partial charge < -0.3 is 14.1 Å². The number of nitro benzene ring substituents is 1. The van der Waals surface area contributed by atoms with Crippen molar-refractivity contribution in [1.82, 2.24) is 9.88 Å². The summed E-state index contributed by atoms with van der Waals surface area (Å²) in [6.07, 6.45) is 1.55. The van der Waals surface area contributed by atoms with Crippen LogP contribution < -0.4 is 0 Å². The average molecular weight is 393 g/mol. The topological polar surface area (TPSA) is 98.7 Å². The summed E-state index contributed by atoms with van der Waals surface area (Å²) in [5, 5.41) is 11.4. The minimum Gasteiger partial charge on any atom is -0.444 e. The Morgan fingerprint density at radius 1 is 1.41 bits per heavy atom. The molecule has 27 heavy (non-hydrogen) atoms. The molecule has 0 radical (unpaired) electrons. The molecule has 2 aromatic rings. The Morgan fingerprint density at radius 3 is 2.74 bits per heavy atom. The Balaban J connectivity index is 1.51. The molecule has 1 saturated heterocycles. The Bertz CT molecular complexity index is 837. The minimum absolute atomic E-state index is 0.00952. The average Bonchev–Trinajstić information content (AvgIpc) is 3.01. The van der Waals surface area contributed by atoms with E-state index in [0.29, 0.717) is 35.3 Å². The maximum atomic E-state index is 12.1. The van der Waals surface area contributed by atoms with Gasteiger partial charge in [-0.25, -0.2) is 9.78 Å². The molecule has 3 rings (SSSR count). The van der Waals surface area contributed by atoms with E-state index in [1.54, 1.807) is 11.0 Å². The lowest BCUT2D eigenvalue weighted by Crippen LogP contribution is -2.42. The Morgan fingerprint density at radius 2 is 2.11 bits per heavy atom. The number of thioether (sulfide) groups is 1. The number of hydrogen-bond donors (Lipinski definition) is 0. The van der Waals surface area contributed by atoms with Gasteiger partial charge in [-0.3, -0.25) is 10.1 Å². The molecule has 1 aliphatic rings. The lowest BCUT2D eigenvalue weighted by atomic mass is 9.99. The van der Waals surface area contributed by atoms with E-state index in [-0.39, 0.29) is 11.8 Å². The van der Waals surface area contributed by atoms with Crippen molar-refractivity contribution in [3.8, 4) is 0 Å². The van der Waals surface area contributed by atoms with Crippen LogP contribution in [-0.4, -0.2) is 45.3 Å². The van der Waals surface area contributed by atoms with Crippen molar-refractivity contribution in [3.05, 3.63) is 28.3 Å². The quantitative estimate of drug-likeness (QED) is 0.429. The van der Waals surface area contributed by atoms with Gasteiger partial charge in [0.1, 0.15) is 11.1 Å². The summed E-state index contributed by atoms with van der Waals surface area (Å²) in [6, 6.07) is 4.41. The minimum atomic E-state index is -0.480. The van der Waals surface area contributed by atoms with Gasteiger partial charge in [-0.2, -0.15) is 0 Å². The molecule has 0 aliphatic carbocycles. The monoisotopic (exact) mass is 393 g/mol. The second-order valence-corrected chi connectivity index (χ2v) is 8.58. The molecule has 1 aromatic heterocycles. The van der Waals surface area contributed by atoms with E-state index >= 15 is 0 Å². The number of amides is 1. The van der Waals surface area contributed by atoms with E-state index in [1.807, 2.05) is 20.8 Å². The third-order valence-electron chi connectivity index (χ3n) is 4.27. The zero-order valence-corrected chi connectivity index (χ0v) is 16.5. The highest BCUT2D eigenvalue weighted by Crippen LogP contribution is 2.30. The number of piperidine rings is 1. The van der Waals surface area contributed by atoms with Crippen LogP contribution in [0.4, 0.5) is 10.5 Å². The second-order valence-electron chi connectivity index (χ2n) is 7.61. The molecule has 1 aliphatic heterocycles. The number of nitro groups is 1. The first kappa shape index (κ1) is 19.5. The van der Waals surface area contributed by atoms with Crippen LogP contribution in [0.1, 0.15) is 33.6 Å². The fourth-order valence-electron chi connectivity index (χ4n) is 2.87. The first-order valence-electron chi connectivity index (χ1n) is 8.87. The van der Waals surface area contributed by atoms with E-state index in [2.05, 4.69) is 4.98 Å². The van der Waals surface area contributed by atoms with Crippen molar-refractivity contribution in [2.75, 3.05) is 18.8 Å². The fraction of sp³-hybridized carbons (Fsp3) is 0.556. The summed E-state index contributed by atoms with van der Waals surface area (Å²) in [7, 11) is 0. The molecule has 2 heterocycles. The summed E-state index contributed by atoms with van der Waals surface area (Å²) in [5.41, 5.74) is 0.547.